The monoisotopic (exact) mass is 509 g/mol. The van der Waals surface area contributed by atoms with E-state index in [4.69, 9.17) is 11.6 Å². The summed E-state index contributed by atoms with van der Waals surface area (Å²) in [7, 11) is 0. The van der Waals surface area contributed by atoms with Crippen LogP contribution in [0.1, 0.15) is 51.9 Å². The number of carbonyl (C=O) groups is 3. The summed E-state index contributed by atoms with van der Waals surface area (Å²) in [5.74, 6) is -1.57. The van der Waals surface area contributed by atoms with Gasteiger partial charge in [-0.25, -0.2) is 9.37 Å². The van der Waals surface area contributed by atoms with E-state index >= 15 is 0 Å². The van der Waals surface area contributed by atoms with Crippen LogP contribution in [0.2, 0.25) is 5.02 Å². The van der Waals surface area contributed by atoms with Crippen LogP contribution in [0.5, 0.6) is 0 Å². The van der Waals surface area contributed by atoms with Crippen molar-refractivity contribution in [2.75, 3.05) is 0 Å². The van der Waals surface area contributed by atoms with Gasteiger partial charge in [0.25, 0.3) is 11.8 Å². The minimum absolute atomic E-state index is 0.00582. The first-order valence-corrected chi connectivity index (χ1v) is 12.1. The molecule has 0 spiro atoms. The number of nitrogens with one attached hydrogen (secondary N) is 2. The van der Waals surface area contributed by atoms with E-state index in [9.17, 15) is 18.8 Å². The number of hydrogen-bond donors (Lipinski definition) is 2. The van der Waals surface area contributed by atoms with Gasteiger partial charge in [-0.05, 0) is 49.1 Å². The molecule has 10 heteroatoms. The molecule has 36 heavy (non-hydrogen) atoms. The molecule has 3 aromatic rings. The van der Waals surface area contributed by atoms with E-state index in [-0.39, 0.29) is 48.8 Å². The van der Waals surface area contributed by atoms with Gasteiger partial charge in [0, 0.05) is 24.2 Å². The number of hydrogen-bond acceptors (Lipinski definition) is 4. The first-order chi connectivity index (χ1) is 17.3. The van der Waals surface area contributed by atoms with Crippen molar-refractivity contribution in [1.29, 1.82) is 0 Å². The summed E-state index contributed by atoms with van der Waals surface area (Å²) in [6.45, 7) is 2.29. The molecule has 1 unspecified atom stereocenters. The molecular weight excluding hydrogens is 485 g/mol. The zero-order valence-electron chi connectivity index (χ0n) is 19.6. The molecule has 0 bridgehead atoms. The highest BCUT2D eigenvalue weighted by Crippen LogP contribution is 2.39. The van der Waals surface area contributed by atoms with Crippen LogP contribution in [0.25, 0.3) is 0 Å². The first-order valence-electron chi connectivity index (χ1n) is 11.7. The summed E-state index contributed by atoms with van der Waals surface area (Å²) < 4.78 is 14.7. The zero-order valence-corrected chi connectivity index (χ0v) is 20.4. The standard InChI is InChI=1S/C26H25ClFN5O3/c1-26(25(36)30-13-17-4-2-3-5-20(17)27)14-32-15-31-21(22(32)24(35)33(26)19-10-11-19)23(34)29-12-16-6-8-18(28)9-7-16/h2-9,15,19H,10-14H2,1H3,(H,29,34)(H,30,36). The van der Waals surface area contributed by atoms with Crippen LogP contribution < -0.4 is 10.6 Å². The number of amides is 3. The highest BCUT2D eigenvalue weighted by atomic mass is 35.5. The molecule has 8 nitrogen and oxygen atoms in total. The maximum absolute atomic E-state index is 13.7. The molecule has 2 heterocycles. The molecule has 2 aliphatic rings. The van der Waals surface area contributed by atoms with Crippen molar-refractivity contribution in [1.82, 2.24) is 25.1 Å². The van der Waals surface area contributed by atoms with Gasteiger partial charge in [0.05, 0.1) is 12.9 Å². The minimum atomic E-state index is -1.16. The molecule has 1 atom stereocenters. The number of carbonyl (C=O) groups excluding carboxylic acids is 3. The number of fused-ring (bicyclic) bond motifs is 1. The Hall–Kier alpha value is -3.72. The van der Waals surface area contributed by atoms with Gasteiger partial charge in [0.1, 0.15) is 17.1 Å². The van der Waals surface area contributed by atoms with E-state index in [1.165, 1.54) is 18.5 Å². The molecule has 2 aromatic carbocycles. The molecular formula is C26H25ClFN5O3. The minimum Gasteiger partial charge on any atom is -0.350 e. The normalized spacial score (nSPS) is 19.1. The summed E-state index contributed by atoms with van der Waals surface area (Å²) >= 11 is 6.23. The van der Waals surface area contributed by atoms with E-state index in [0.717, 1.165) is 18.4 Å². The smallest absolute Gasteiger partial charge is 0.274 e. The number of benzene rings is 2. The number of imidazole rings is 1. The van der Waals surface area contributed by atoms with E-state index in [1.807, 2.05) is 18.2 Å². The van der Waals surface area contributed by atoms with Crippen molar-refractivity contribution >= 4 is 29.3 Å². The van der Waals surface area contributed by atoms with E-state index in [1.54, 1.807) is 34.6 Å². The van der Waals surface area contributed by atoms with Crippen molar-refractivity contribution in [3.63, 3.8) is 0 Å². The summed E-state index contributed by atoms with van der Waals surface area (Å²) in [6, 6.07) is 13.0. The average Bonchev–Trinajstić information content (AvgIpc) is 3.60. The zero-order chi connectivity index (χ0) is 25.4. The van der Waals surface area contributed by atoms with Crippen molar-refractivity contribution in [3.8, 4) is 0 Å². The Morgan fingerprint density at radius 2 is 1.83 bits per heavy atom. The second-order valence-electron chi connectivity index (χ2n) is 9.33. The van der Waals surface area contributed by atoms with Crippen molar-refractivity contribution in [2.45, 2.75) is 51.0 Å². The Morgan fingerprint density at radius 1 is 1.11 bits per heavy atom. The Morgan fingerprint density at radius 3 is 2.53 bits per heavy atom. The predicted octanol–water partition coefficient (Wildman–Crippen LogP) is 3.30. The summed E-state index contributed by atoms with van der Waals surface area (Å²) in [6.07, 6.45) is 3.00. The average molecular weight is 510 g/mol. The molecule has 3 amide bonds. The Labute approximate surface area is 212 Å². The largest absolute Gasteiger partial charge is 0.350 e. The lowest BCUT2D eigenvalue weighted by molar-refractivity contribution is -0.133. The third kappa shape index (κ3) is 4.46. The lowest BCUT2D eigenvalue weighted by Crippen LogP contribution is -2.64. The maximum Gasteiger partial charge on any atom is 0.274 e. The van der Waals surface area contributed by atoms with Crippen LogP contribution in [0.4, 0.5) is 4.39 Å². The molecule has 0 radical (unpaired) electrons. The van der Waals surface area contributed by atoms with Gasteiger partial charge in [-0.2, -0.15) is 0 Å². The second kappa shape index (κ2) is 9.39. The van der Waals surface area contributed by atoms with Gasteiger partial charge >= 0.3 is 0 Å². The Bertz CT molecular complexity index is 1340. The van der Waals surface area contributed by atoms with Gasteiger partial charge in [0.2, 0.25) is 5.91 Å². The van der Waals surface area contributed by atoms with Gasteiger partial charge in [-0.3, -0.25) is 14.4 Å². The molecule has 1 aromatic heterocycles. The van der Waals surface area contributed by atoms with E-state index < -0.39 is 17.4 Å². The first kappa shape index (κ1) is 24.0. The maximum atomic E-state index is 13.7. The van der Waals surface area contributed by atoms with Crippen LogP contribution in [0.3, 0.4) is 0 Å². The fourth-order valence-electron chi connectivity index (χ4n) is 4.60. The van der Waals surface area contributed by atoms with Crippen LogP contribution in [0.15, 0.2) is 54.9 Å². The number of nitrogens with zero attached hydrogens (tertiary/aromatic N) is 3. The predicted molar refractivity (Wildman–Crippen MR) is 131 cm³/mol. The number of aromatic nitrogens is 2. The number of halogens is 2. The number of rotatable bonds is 7. The summed E-state index contributed by atoms with van der Waals surface area (Å²) in [5, 5.41) is 6.22. The van der Waals surface area contributed by atoms with Gasteiger partial charge in [0.15, 0.2) is 5.69 Å². The van der Waals surface area contributed by atoms with Crippen LogP contribution >= 0.6 is 11.6 Å². The third-order valence-corrected chi connectivity index (χ3v) is 7.02. The van der Waals surface area contributed by atoms with Crippen molar-refractivity contribution in [2.24, 2.45) is 0 Å². The van der Waals surface area contributed by atoms with Crippen molar-refractivity contribution < 1.29 is 18.8 Å². The topological polar surface area (TPSA) is 96.3 Å². The summed E-state index contributed by atoms with van der Waals surface area (Å²) in [5.41, 5.74) is 0.502. The van der Waals surface area contributed by atoms with Crippen LogP contribution in [0, 0.1) is 5.82 Å². The van der Waals surface area contributed by atoms with E-state index in [0.29, 0.717) is 10.6 Å². The van der Waals surface area contributed by atoms with Crippen molar-refractivity contribution in [3.05, 3.63) is 88.2 Å². The highest BCUT2D eigenvalue weighted by molar-refractivity contribution is 6.31. The molecule has 1 fully saturated rings. The Kier molecular flexibility index (Phi) is 6.26. The van der Waals surface area contributed by atoms with Gasteiger partial charge in [-0.1, -0.05) is 41.9 Å². The molecule has 1 aliphatic carbocycles. The molecule has 2 N–H and O–H groups in total. The fourth-order valence-corrected chi connectivity index (χ4v) is 4.80. The second-order valence-corrected chi connectivity index (χ2v) is 9.74. The molecule has 1 aliphatic heterocycles. The SMILES string of the molecule is CC1(C(=O)NCc2ccccc2Cl)Cn2cnc(C(=O)NCc3ccc(F)cc3)c2C(=O)N1C1CC1. The van der Waals surface area contributed by atoms with Crippen LogP contribution in [-0.2, 0) is 24.4 Å². The lowest BCUT2D eigenvalue weighted by Gasteiger charge is -2.44. The molecule has 5 rings (SSSR count). The van der Waals surface area contributed by atoms with Gasteiger partial charge < -0.3 is 20.1 Å². The fraction of sp³-hybridized carbons (Fsp3) is 0.308. The molecule has 0 saturated heterocycles. The third-order valence-electron chi connectivity index (χ3n) is 6.65. The lowest BCUT2D eigenvalue weighted by atomic mass is 9.93. The summed E-state index contributed by atoms with van der Waals surface area (Å²) in [4.78, 5) is 45.9. The Balaban J connectivity index is 1.36. The van der Waals surface area contributed by atoms with Gasteiger partial charge in [-0.15, -0.1) is 0 Å². The van der Waals surface area contributed by atoms with E-state index in [2.05, 4.69) is 15.6 Å². The quantitative estimate of drug-likeness (QED) is 0.511. The van der Waals surface area contributed by atoms with Crippen LogP contribution in [-0.4, -0.2) is 43.8 Å². The molecule has 1 saturated carbocycles. The molecule has 186 valence electrons. The highest BCUT2D eigenvalue weighted by Gasteiger charge is 2.53.